The van der Waals surface area contributed by atoms with Crippen molar-refractivity contribution < 1.29 is 0 Å². The van der Waals surface area contributed by atoms with Gasteiger partial charge in [-0.1, -0.05) is 12.1 Å². The fourth-order valence-electron chi connectivity index (χ4n) is 1.69. The molecule has 0 saturated heterocycles. The third-order valence-electron chi connectivity index (χ3n) is 2.40. The highest BCUT2D eigenvalue weighted by molar-refractivity contribution is 8.03. The number of pyridine rings is 1. The molecular formula is C12H9NS. The monoisotopic (exact) mass is 199 g/mol. The Bertz CT molecular complexity index is 552. The zero-order chi connectivity index (χ0) is 9.38. The number of hydrogen-bond acceptors (Lipinski definition) is 2. The van der Waals surface area contributed by atoms with Crippen LogP contribution in [0.2, 0.25) is 0 Å². The minimum atomic E-state index is 1.07. The Hall–Kier alpha value is -1.28. The highest BCUT2D eigenvalue weighted by Gasteiger charge is 2.10. The first-order valence-electron chi connectivity index (χ1n) is 4.61. The van der Waals surface area contributed by atoms with Crippen molar-refractivity contribution in [3.05, 3.63) is 51.5 Å². The van der Waals surface area contributed by atoms with Crippen LogP contribution in [-0.2, 0) is 0 Å². The molecule has 68 valence electrons. The topological polar surface area (TPSA) is 12.9 Å². The molecule has 14 heavy (non-hydrogen) atoms. The molecule has 2 aliphatic rings. The van der Waals surface area contributed by atoms with Crippen LogP contribution in [0.25, 0.3) is 12.2 Å². The van der Waals surface area contributed by atoms with Crippen molar-refractivity contribution in [2.24, 2.45) is 0 Å². The number of allylic oxidation sites excluding steroid dienone is 2. The van der Waals surface area contributed by atoms with E-state index in [2.05, 4.69) is 35.4 Å². The summed E-state index contributed by atoms with van der Waals surface area (Å²) < 4.78 is 0. The number of fused-ring (bicyclic) bond motifs is 2. The summed E-state index contributed by atoms with van der Waals surface area (Å²) in [6.07, 6.45) is 10.6. The van der Waals surface area contributed by atoms with Gasteiger partial charge >= 0.3 is 0 Å². The van der Waals surface area contributed by atoms with Crippen LogP contribution in [0.4, 0.5) is 0 Å². The Morgan fingerprint density at radius 2 is 2.29 bits per heavy atom. The van der Waals surface area contributed by atoms with Gasteiger partial charge in [-0.05, 0) is 29.9 Å². The van der Waals surface area contributed by atoms with Gasteiger partial charge in [0.25, 0.3) is 0 Å². The van der Waals surface area contributed by atoms with Crippen LogP contribution >= 0.6 is 11.8 Å². The van der Waals surface area contributed by atoms with E-state index in [1.807, 2.05) is 24.0 Å². The molecule has 0 bridgehead atoms. The third-order valence-corrected chi connectivity index (χ3v) is 3.42. The van der Waals surface area contributed by atoms with Gasteiger partial charge in [0.15, 0.2) is 0 Å². The van der Waals surface area contributed by atoms with Crippen molar-refractivity contribution in [2.75, 3.05) is 5.75 Å². The van der Waals surface area contributed by atoms with Gasteiger partial charge in [0, 0.05) is 22.1 Å². The second-order valence-electron chi connectivity index (χ2n) is 3.29. The molecule has 0 spiro atoms. The fourth-order valence-corrected chi connectivity index (χ4v) is 2.61. The summed E-state index contributed by atoms with van der Waals surface area (Å²) in [6, 6.07) is 4.09. The van der Waals surface area contributed by atoms with Gasteiger partial charge in [-0.2, -0.15) is 0 Å². The average molecular weight is 199 g/mol. The first kappa shape index (κ1) is 8.06. The predicted octanol–water partition coefficient (Wildman–Crippen LogP) is 1.21. The Morgan fingerprint density at radius 1 is 1.29 bits per heavy atom. The highest BCUT2D eigenvalue weighted by Crippen LogP contribution is 2.32. The first-order valence-corrected chi connectivity index (χ1v) is 5.60. The second-order valence-corrected chi connectivity index (χ2v) is 4.35. The molecule has 0 aromatic carbocycles. The number of rotatable bonds is 0. The van der Waals surface area contributed by atoms with Crippen LogP contribution in [-0.4, -0.2) is 10.7 Å². The lowest BCUT2D eigenvalue weighted by atomic mass is 10.2. The molecular weight excluding hydrogens is 190 g/mol. The van der Waals surface area contributed by atoms with Crippen molar-refractivity contribution in [3.8, 4) is 0 Å². The number of aromatic nitrogens is 1. The molecule has 1 nitrogen and oxygen atoms in total. The summed E-state index contributed by atoms with van der Waals surface area (Å²) in [5, 5.41) is 2.28. The molecule has 2 heterocycles. The molecule has 0 saturated carbocycles. The van der Waals surface area contributed by atoms with E-state index in [0.717, 1.165) is 11.1 Å². The Labute approximate surface area is 86.6 Å². The number of thioether (sulfide) groups is 1. The molecule has 2 heteroatoms. The fraction of sp³-hybridized carbons (Fsp3) is 0.0833. The Morgan fingerprint density at radius 3 is 3.29 bits per heavy atom. The van der Waals surface area contributed by atoms with Crippen molar-refractivity contribution >= 4 is 23.9 Å². The van der Waals surface area contributed by atoms with Gasteiger partial charge in [-0.25, -0.2) is 0 Å². The third kappa shape index (κ3) is 1.23. The molecule has 1 aromatic heterocycles. The van der Waals surface area contributed by atoms with Crippen molar-refractivity contribution in [2.45, 2.75) is 0 Å². The average Bonchev–Trinajstić information content (AvgIpc) is 2.58. The van der Waals surface area contributed by atoms with Gasteiger partial charge in [0.05, 0.1) is 5.35 Å². The maximum Gasteiger partial charge on any atom is 0.0702 e. The molecule has 0 unspecified atom stereocenters. The van der Waals surface area contributed by atoms with E-state index in [4.69, 9.17) is 0 Å². The lowest BCUT2D eigenvalue weighted by Gasteiger charge is -1.94. The van der Waals surface area contributed by atoms with Crippen LogP contribution in [0.5, 0.6) is 0 Å². The minimum absolute atomic E-state index is 1.07. The molecule has 0 amide bonds. The zero-order valence-electron chi connectivity index (χ0n) is 7.60. The molecule has 0 fully saturated rings. The van der Waals surface area contributed by atoms with E-state index in [9.17, 15) is 0 Å². The molecule has 0 atom stereocenters. The molecule has 1 aromatic rings. The van der Waals surface area contributed by atoms with E-state index in [1.165, 1.54) is 15.7 Å². The van der Waals surface area contributed by atoms with E-state index >= 15 is 0 Å². The lowest BCUT2D eigenvalue weighted by molar-refractivity contribution is 1.22. The summed E-state index contributed by atoms with van der Waals surface area (Å²) in [5.74, 6) is 1.10. The van der Waals surface area contributed by atoms with E-state index in [-0.39, 0.29) is 0 Å². The number of hydrogen-bond donors (Lipinski definition) is 0. The minimum Gasteiger partial charge on any atom is -0.256 e. The summed E-state index contributed by atoms with van der Waals surface area (Å²) in [7, 11) is 0. The van der Waals surface area contributed by atoms with Crippen molar-refractivity contribution in [1.82, 2.24) is 4.98 Å². The summed E-state index contributed by atoms with van der Waals surface area (Å²) in [5.41, 5.74) is 1.35. The molecule has 1 aliphatic heterocycles. The normalized spacial score (nSPS) is 18.0. The van der Waals surface area contributed by atoms with Crippen LogP contribution in [0.3, 0.4) is 0 Å². The standard InChI is InChI=1S/C12H9NS/c1-2-9-8-10-5-7-14-12(10)4-3-11(9)13-6-1/h1-6,8H,7H2. The van der Waals surface area contributed by atoms with Crippen LogP contribution in [0, 0.1) is 0 Å². The summed E-state index contributed by atoms with van der Waals surface area (Å²) in [6.45, 7) is 0. The number of nitrogens with zero attached hydrogens (tertiary/aromatic N) is 1. The van der Waals surface area contributed by atoms with E-state index < -0.39 is 0 Å². The summed E-state index contributed by atoms with van der Waals surface area (Å²) in [4.78, 5) is 5.70. The highest BCUT2D eigenvalue weighted by atomic mass is 32.2. The van der Waals surface area contributed by atoms with Crippen LogP contribution < -0.4 is 10.6 Å². The van der Waals surface area contributed by atoms with Crippen LogP contribution in [0.15, 0.2) is 41.0 Å². The van der Waals surface area contributed by atoms with Crippen LogP contribution in [0.1, 0.15) is 0 Å². The van der Waals surface area contributed by atoms with Gasteiger partial charge in [0.1, 0.15) is 0 Å². The SMILES string of the molecule is C1=C2C=c3cccnc3=CC=C2SC1. The van der Waals surface area contributed by atoms with Crippen molar-refractivity contribution in [1.29, 1.82) is 0 Å². The maximum atomic E-state index is 4.34. The molecule has 1 aliphatic carbocycles. The quantitative estimate of drug-likeness (QED) is 0.623. The molecule has 0 N–H and O–H groups in total. The smallest absolute Gasteiger partial charge is 0.0702 e. The largest absolute Gasteiger partial charge is 0.256 e. The Kier molecular flexibility index (Phi) is 1.81. The molecule has 0 radical (unpaired) electrons. The first-order chi connectivity index (χ1) is 6.93. The van der Waals surface area contributed by atoms with Gasteiger partial charge < -0.3 is 0 Å². The Balaban J connectivity index is 2.35. The predicted molar refractivity (Wildman–Crippen MR) is 61.0 cm³/mol. The van der Waals surface area contributed by atoms with Gasteiger partial charge in [-0.3, -0.25) is 4.98 Å². The second kappa shape index (κ2) is 3.14. The van der Waals surface area contributed by atoms with Gasteiger partial charge in [-0.15, -0.1) is 11.8 Å². The van der Waals surface area contributed by atoms with E-state index in [1.54, 1.807) is 0 Å². The zero-order valence-corrected chi connectivity index (χ0v) is 8.42. The van der Waals surface area contributed by atoms with Crippen molar-refractivity contribution in [3.63, 3.8) is 0 Å². The lowest BCUT2D eigenvalue weighted by Crippen LogP contribution is -2.26. The maximum absolute atomic E-state index is 4.34. The summed E-state index contributed by atoms with van der Waals surface area (Å²) >= 11 is 1.89. The van der Waals surface area contributed by atoms with Gasteiger partial charge in [0.2, 0.25) is 0 Å². The van der Waals surface area contributed by atoms with E-state index in [0.29, 0.717) is 0 Å². The molecule has 3 rings (SSSR count).